The second-order valence-corrected chi connectivity index (χ2v) is 4.86. The van der Waals surface area contributed by atoms with Crippen LogP contribution < -0.4 is 0 Å². The largest absolute Gasteiger partial charge is 0.506 e. The topological polar surface area (TPSA) is 79.5 Å². The van der Waals surface area contributed by atoms with Crippen molar-refractivity contribution in [2.75, 3.05) is 6.61 Å². The molecular weight excluding hydrogens is 270 g/mol. The lowest BCUT2D eigenvalue weighted by Crippen LogP contribution is -2.22. The molecular formula is C16H21NO4. The first-order valence-electron chi connectivity index (χ1n) is 7.04. The van der Waals surface area contributed by atoms with E-state index in [2.05, 4.69) is 10.8 Å². The first kappa shape index (κ1) is 17.0. The van der Waals surface area contributed by atoms with Crippen molar-refractivity contribution in [2.45, 2.75) is 38.9 Å². The lowest BCUT2D eigenvalue weighted by atomic mass is 9.98. The highest BCUT2D eigenvalue weighted by molar-refractivity contribution is 5.57. The van der Waals surface area contributed by atoms with Crippen molar-refractivity contribution in [1.29, 1.82) is 5.26 Å². The molecule has 2 atom stereocenters. The molecule has 1 aromatic carbocycles. The molecule has 0 radical (unpaired) electrons. The fourth-order valence-electron chi connectivity index (χ4n) is 1.98. The number of carboxylic acid groups (broad SMARTS) is 1. The number of hydrogen-bond donors (Lipinski definition) is 1. The number of ether oxygens (including phenoxy) is 2. The normalized spacial score (nSPS) is 13.1. The lowest BCUT2D eigenvalue weighted by Gasteiger charge is -2.16. The quantitative estimate of drug-likeness (QED) is 0.555. The number of carbonyl (C=O) groups is 1. The Morgan fingerprint density at radius 2 is 2.05 bits per heavy atom. The fourth-order valence-corrected chi connectivity index (χ4v) is 1.98. The maximum atomic E-state index is 10.4. The van der Waals surface area contributed by atoms with E-state index in [-0.39, 0.29) is 0 Å². The molecule has 1 N–H and O–H groups in total. The minimum absolute atomic E-state index is 0.407. The predicted molar refractivity (Wildman–Crippen MR) is 77.6 cm³/mol. The van der Waals surface area contributed by atoms with Gasteiger partial charge in [0, 0.05) is 6.61 Å². The molecule has 0 saturated carbocycles. The van der Waals surface area contributed by atoms with Crippen molar-refractivity contribution in [1.82, 2.24) is 0 Å². The van der Waals surface area contributed by atoms with Gasteiger partial charge < -0.3 is 14.6 Å². The third-order valence-electron chi connectivity index (χ3n) is 3.18. The van der Waals surface area contributed by atoms with Crippen LogP contribution in [0.1, 0.15) is 31.7 Å². The molecule has 0 saturated heterocycles. The monoisotopic (exact) mass is 291 g/mol. The van der Waals surface area contributed by atoms with Crippen molar-refractivity contribution >= 4 is 6.16 Å². The summed E-state index contributed by atoms with van der Waals surface area (Å²) in [6.45, 7) is 2.82. The Balaban J connectivity index is 2.12. The van der Waals surface area contributed by atoms with Gasteiger partial charge in [-0.05, 0) is 31.7 Å². The Morgan fingerprint density at radius 1 is 1.33 bits per heavy atom. The van der Waals surface area contributed by atoms with Gasteiger partial charge in [0.25, 0.3) is 0 Å². The van der Waals surface area contributed by atoms with Gasteiger partial charge in [0.1, 0.15) is 6.10 Å². The van der Waals surface area contributed by atoms with E-state index in [4.69, 9.17) is 15.1 Å². The van der Waals surface area contributed by atoms with E-state index in [1.807, 2.05) is 30.3 Å². The highest BCUT2D eigenvalue weighted by Gasteiger charge is 2.19. The maximum absolute atomic E-state index is 10.4. The summed E-state index contributed by atoms with van der Waals surface area (Å²) in [4.78, 5) is 10.4. The Bertz CT molecular complexity index is 455. The second-order valence-electron chi connectivity index (χ2n) is 4.86. The molecule has 5 heteroatoms. The Labute approximate surface area is 125 Å². The van der Waals surface area contributed by atoms with E-state index in [1.165, 1.54) is 0 Å². The van der Waals surface area contributed by atoms with Crippen LogP contribution in [-0.4, -0.2) is 24.0 Å². The standard InChI is InChI=1S/C16H21NO4/c1-13(21-16(18)19)15(11-17)9-5-6-10-20-12-14-7-3-2-4-8-14/h2-4,7-8,13,15H,5-6,9-10,12H2,1H3,(H,18,19). The Hall–Kier alpha value is -2.06. The zero-order chi connectivity index (χ0) is 15.5. The SMILES string of the molecule is CC(OC(=O)O)C(C#N)CCCCOCc1ccccc1. The molecule has 0 bridgehead atoms. The fraction of sp³-hybridized carbons (Fsp3) is 0.500. The summed E-state index contributed by atoms with van der Waals surface area (Å²) >= 11 is 0. The van der Waals surface area contributed by atoms with E-state index in [9.17, 15) is 4.79 Å². The summed E-state index contributed by atoms with van der Waals surface area (Å²) in [5.74, 6) is -0.407. The molecule has 5 nitrogen and oxygen atoms in total. The van der Waals surface area contributed by atoms with Gasteiger partial charge in [0.2, 0.25) is 0 Å². The van der Waals surface area contributed by atoms with Crippen molar-refractivity contribution in [3.05, 3.63) is 35.9 Å². The summed E-state index contributed by atoms with van der Waals surface area (Å²) in [6, 6.07) is 12.0. The molecule has 0 heterocycles. The molecule has 0 fully saturated rings. The summed E-state index contributed by atoms with van der Waals surface area (Å²) in [5.41, 5.74) is 1.14. The van der Waals surface area contributed by atoms with Crippen molar-refractivity contribution in [3.63, 3.8) is 0 Å². The number of rotatable bonds is 9. The van der Waals surface area contributed by atoms with E-state index in [0.717, 1.165) is 18.4 Å². The van der Waals surface area contributed by atoms with E-state index in [1.54, 1.807) is 6.92 Å². The molecule has 21 heavy (non-hydrogen) atoms. The number of nitriles is 1. The molecule has 0 amide bonds. The first-order valence-corrected chi connectivity index (χ1v) is 7.04. The summed E-state index contributed by atoms with van der Waals surface area (Å²) in [7, 11) is 0. The Kier molecular flexibility index (Phi) is 7.92. The third kappa shape index (κ3) is 7.33. The molecule has 0 aliphatic carbocycles. The van der Waals surface area contributed by atoms with Crippen LogP contribution in [0.5, 0.6) is 0 Å². The minimum Gasteiger partial charge on any atom is -0.450 e. The van der Waals surface area contributed by atoms with Crippen molar-refractivity contribution in [2.24, 2.45) is 5.92 Å². The number of nitrogens with zero attached hydrogens (tertiary/aromatic N) is 1. The van der Waals surface area contributed by atoms with Crippen LogP contribution in [0.15, 0.2) is 30.3 Å². The van der Waals surface area contributed by atoms with Crippen LogP contribution in [0.4, 0.5) is 4.79 Å². The van der Waals surface area contributed by atoms with Gasteiger partial charge in [0.15, 0.2) is 0 Å². The maximum Gasteiger partial charge on any atom is 0.506 e. The number of hydrogen-bond acceptors (Lipinski definition) is 4. The van der Waals surface area contributed by atoms with Crippen LogP contribution in [0, 0.1) is 17.2 Å². The van der Waals surface area contributed by atoms with Gasteiger partial charge in [-0.15, -0.1) is 0 Å². The minimum atomic E-state index is -1.34. The average molecular weight is 291 g/mol. The summed E-state index contributed by atoms with van der Waals surface area (Å²) in [5, 5.41) is 17.5. The zero-order valence-corrected chi connectivity index (χ0v) is 12.2. The predicted octanol–water partition coefficient (Wildman–Crippen LogP) is 3.60. The number of unbranched alkanes of at least 4 members (excludes halogenated alkanes) is 1. The lowest BCUT2D eigenvalue weighted by molar-refractivity contribution is 0.0411. The van der Waals surface area contributed by atoms with Crippen LogP contribution in [0.3, 0.4) is 0 Å². The van der Waals surface area contributed by atoms with E-state index in [0.29, 0.717) is 19.6 Å². The molecule has 0 aromatic heterocycles. The summed E-state index contributed by atoms with van der Waals surface area (Å²) in [6.07, 6.45) is 0.316. The van der Waals surface area contributed by atoms with E-state index >= 15 is 0 Å². The molecule has 0 aliphatic rings. The smallest absolute Gasteiger partial charge is 0.450 e. The molecule has 1 aromatic rings. The number of benzene rings is 1. The van der Waals surface area contributed by atoms with Gasteiger partial charge >= 0.3 is 6.16 Å². The first-order chi connectivity index (χ1) is 10.1. The van der Waals surface area contributed by atoms with Gasteiger partial charge in [-0.3, -0.25) is 0 Å². The molecule has 114 valence electrons. The third-order valence-corrected chi connectivity index (χ3v) is 3.18. The van der Waals surface area contributed by atoms with Crippen molar-refractivity contribution in [3.8, 4) is 6.07 Å². The average Bonchev–Trinajstić information content (AvgIpc) is 2.46. The van der Waals surface area contributed by atoms with Crippen LogP contribution >= 0.6 is 0 Å². The van der Waals surface area contributed by atoms with E-state index < -0.39 is 18.2 Å². The van der Waals surface area contributed by atoms with Crippen LogP contribution in [0.25, 0.3) is 0 Å². The highest BCUT2D eigenvalue weighted by Crippen LogP contribution is 2.15. The molecule has 1 rings (SSSR count). The van der Waals surface area contributed by atoms with Gasteiger partial charge in [0.05, 0.1) is 18.6 Å². The zero-order valence-electron chi connectivity index (χ0n) is 12.2. The molecule has 2 unspecified atom stereocenters. The van der Waals surface area contributed by atoms with Gasteiger partial charge in [-0.1, -0.05) is 30.3 Å². The van der Waals surface area contributed by atoms with Crippen molar-refractivity contribution < 1.29 is 19.4 Å². The summed E-state index contributed by atoms with van der Waals surface area (Å²) < 4.78 is 10.2. The van der Waals surface area contributed by atoms with Gasteiger partial charge in [-0.2, -0.15) is 5.26 Å². The molecule has 0 spiro atoms. The molecule has 0 aliphatic heterocycles. The van der Waals surface area contributed by atoms with Crippen LogP contribution in [0.2, 0.25) is 0 Å². The van der Waals surface area contributed by atoms with Gasteiger partial charge in [-0.25, -0.2) is 4.79 Å². The second kappa shape index (κ2) is 9.78. The van der Waals surface area contributed by atoms with Crippen LogP contribution in [-0.2, 0) is 16.1 Å². The highest BCUT2D eigenvalue weighted by atomic mass is 16.7. The Morgan fingerprint density at radius 3 is 2.67 bits per heavy atom.